The van der Waals surface area contributed by atoms with Crippen molar-refractivity contribution in [2.24, 2.45) is 0 Å². The van der Waals surface area contributed by atoms with Crippen LogP contribution in [0.2, 0.25) is 0 Å². The molecule has 1 N–H and O–H groups in total. The van der Waals surface area contributed by atoms with Gasteiger partial charge < -0.3 is 9.73 Å². The first-order valence-electron chi connectivity index (χ1n) is 9.78. The van der Waals surface area contributed by atoms with Crippen LogP contribution in [-0.2, 0) is 9.59 Å². The van der Waals surface area contributed by atoms with Crippen LogP contribution in [0.1, 0.15) is 16.9 Å². The van der Waals surface area contributed by atoms with E-state index in [0.717, 1.165) is 37.8 Å². The lowest BCUT2D eigenvalue weighted by Gasteiger charge is -2.13. The molecule has 0 spiro atoms. The summed E-state index contributed by atoms with van der Waals surface area (Å²) in [7, 11) is 0. The summed E-state index contributed by atoms with van der Waals surface area (Å²) in [6.45, 7) is 3.51. The number of carbonyl (C=O) groups is 3. The van der Waals surface area contributed by atoms with Crippen LogP contribution in [-0.4, -0.2) is 28.5 Å². The summed E-state index contributed by atoms with van der Waals surface area (Å²) in [6.07, 6.45) is 1.52. The molecule has 162 valence electrons. The van der Waals surface area contributed by atoms with Crippen LogP contribution >= 0.6 is 27.7 Å². The first-order chi connectivity index (χ1) is 15.3. The molecular weight excluding hydrogens is 492 g/mol. The number of nitrogens with one attached hydrogen (secondary N) is 1. The Kier molecular flexibility index (Phi) is 6.34. The molecule has 0 aliphatic carbocycles. The molecule has 3 aromatic rings. The maximum Gasteiger partial charge on any atom is 0.294 e. The van der Waals surface area contributed by atoms with Gasteiger partial charge in [-0.3, -0.25) is 19.3 Å². The quantitative estimate of drug-likeness (QED) is 0.425. The molecule has 2 heterocycles. The lowest BCUT2D eigenvalue weighted by molar-refractivity contribution is -0.127. The predicted molar refractivity (Wildman–Crippen MR) is 129 cm³/mol. The monoisotopic (exact) mass is 510 g/mol. The minimum Gasteiger partial charge on any atom is -0.457 e. The van der Waals surface area contributed by atoms with Crippen molar-refractivity contribution in [1.82, 2.24) is 4.90 Å². The van der Waals surface area contributed by atoms with Crippen molar-refractivity contribution in [3.05, 3.63) is 80.9 Å². The molecule has 1 saturated heterocycles. The number of nitrogens with zero attached hydrogens (tertiary/aromatic N) is 1. The number of carbonyl (C=O) groups excluding carboxylic acids is 3. The minimum absolute atomic E-state index is 0.214. The van der Waals surface area contributed by atoms with E-state index in [1.54, 1.807) is 12.1 Å². The molecular formula is C24H19BrN2O4S. The van der Waals surface area contributed by atoms with E-state index < -0.39 is 17.1 Å². The molecule has 1 fully saturated rings. The molecule has 0 radical (unpaired) electrons. The zero-order valence-electron chi connectivity index (χ0n) is 17.3. The highest BCUT2D eigenvalue weighted by atomic mass is 79.9. The van der Waals surface area contributed by atoms with Crippen LogP contribution in [0, 0.1) is 13.8 Å². The zero-order valence-corrected chi connectivity index (χ0v) is 19.7. The third-order valence-electron chi connectivity index (χ3n) is 4.71. The fourth-order valence-electron chi connectivity index (χ4n) is 3.36. The highest BCUT2D eigenvalue weighted by Gasteiger charge is 2.36. The van der Waals surface area contributed by atoms with Crippen molar-refractivity contribution in [3.8, 4) is 11.3 Å². The van der Waals surface area contributed by atoms with E-state index in [1.165, 1.54) is 6.08 Å². The lowest BCUT2D eigenvalue weighted by Crippen LogP contribution is -2.36. The minimum atomic E-state index is -0.517. The Morgan fingerprint density at radius 3 is 2.44 bits per heavy atom. The Morgan fingerprint density at radius 1 is 1.06 bits per heavy atom. The van der Waals surface area contributed by atoms with E-state index in [0.29, 0.717) is 17.2 Å². The molecule has 32 heavy (non-hydrogen) atoms. The van der Waals surface area contributed by atoms with Gasteiger partial charge in [0.25, 0.3) is 11.1 Å². The number of anilines is 1. The second kappa shape index (κ2) is 9.18. The summed E-state index contributed by atoms with van der Waals surface area (Å²) in [5.41, 5.74) is 3.54. The number of hydrogen-bond acceptors (Lipinski definition) is 5. The number of furan rings is 1. The van der Waals surface area contributed by atoms with Crippen LogP contribution in [0.15, 0.2) is 68.4 Å². The molecule has 8 heteroatoms. The lowest BCUT2D eigenvalue weighted by atomic mass is 10.1. The Balaban J connectivity index is 1.45. The van der Waals surface area contributed by atoms with Crippen molar-refractivity contribution in [2.45, 2.75) is 13.8 Å². The van der Waals surface area contributed by atoms with Crippen LogP contribution in [0.4, 0.5) is 10.5 Å². The Hall–Kier alpha value is -3.10. The summed E-state index contributed by atoms with van der Waals surface area (Å²) in [6, 6.07) is 16.8. The van der Waals surface area contributed by atoms with E-state index in [4.69, 9.17) is 4.42 Å². The van der Waals surface area contributed by atoms with Crippen molar-refractivity contribution in [1.29, 1.82) is 0 Å². The van der Waals surface area contributed by atoms with Gasteiger partial charge in [0.15, 0.2) is 0 Å². The number of imide groups is 1. The van der Waals surface area contributed by atoms with Gasteiger partial charge >= 0.3 is 0 Å². The Morgan fingerprint density at radius 2 is 1.75 bits per heavy atom. The van der Waals surface area contributed by atoms with Crippen LogP contribution < -0.4 is 5.32 Å². The van der Waals surface area contributed by atoms with Crippen LogP contribution in [0.5, 0.6) is 0 Å². The second-order valence-electron chi connectivity index (χ2n) is 7.40. The molecule has 3 amide bonds. The van der Waals surface area contributed by atoms with Gasteiger partial charge in [0.2, 0.25) is 5.91 Å². The van der Waals surface area contributed by atoms with Gasteiger partial charge in [-0.1, -0.05) is 34.1 Å². The molecule has 1 aliphatic heterocycles. The van der Waals surface area contributed by atoms with Gasteiger partial charge in [0.1, 0.15) is 18.1 Å². The molecule has 4 rings (SSSR count). The Labute approximate surface area is 197 Å². The SMILES string of the molecule is Cc1cc(C)cc(NC(=O)CN2C(=O)S/C(=C/c3ccc(-c4ccc(Br)cc4)o3)C2=O)c1. The fourth-order valence-corrected chi connectivity index (χ4v) is 4.44. The smallest absolute Gasteiger partial charge is 0.294 e. The summed E-state index contributed by atoms with van der Waals surface area (Å²) < 4.78 is 6.77. The molecule has 0 atom stereocenters. The predicted octanol–water partition coefficient (Wildman–Crippen LogP) is 6.00. The molecule has 2 aromatic carbocycles. The number of benzene rings is 2. The third kappa shape index (κ3) is 5.03. The number of halogens is 1. The molecule has 0 unspecified atom stereocenters. The van der Waals surface area contributed by atoms with Crippen molar-refractivity contribution in [2.75, 3.05) is 11.9 Å². The second-order valence-corrected chi connectivity index (χ2v) is 9.31. The number of rotatable bonds is 5. The highest BCUT2D eigenvalue weighted by Crippen LogP contribution is 2.33. The number of thioether (sulfide) groups is 1. The van der Waals surface area contributed by atoms with E-state index in [9.17, 15) is 14.4 Å². The molecule has 1 aliphatic rings. The average Bonchev–Trinajstić information content (AvgIpc) is 3.28. The number of hydrogen-bond donors (Lipinski definition) is 1. The van der Waals surface area contributed by atoms with Crippen molar-refractivity contribution < 1.29 is 18.8 Å². The maximum atomic E-state index is 12.7. The summed E-state index contributed by atoms with van der Waals surface area (Å²) in [4.78, 5) is 38.6. The number of amides is 3. The van der Waals surface area contributed by atoms with Crippen LogP contribution in [0.3, 0.4) is 0 Å². The first-order valence-corrected chi connectivity index (χ1v) is 11.4. The normalized spacial score (nSPS) is 15.0. The molecule has 6 nitrogen and oxygen atoms in total. The van der Waals surface area contributed by atoms with Gasteiger partial charge in [0.05, 0.1) is 4.91 Å². The fraction of sp³-hybridized carbons (Fsp3) is 0.125. The third-order valence-corrected chi connectivity index (χ3v) is 6.15. The first kappa shape index (κ1) is 22.1. The highest BCUT2D eigenvalue weighted by molar-refractivity contribution is 9.10. The largest absolute Gasteiger partial charge is 0.457 e. The Bertz CT molecular complexity index is 1230. The van der Waals surface area contributed by atoms with E-state index in [2.05, 4.69) is 21.2 Å². The molecule has 1 aromatic heterocycles. The summed E-state index contributed by atoms with van der Waals surface area (Å²) in [5.74, 6) is 0.148. The molecule has 0 saturated carbocycles. The van der Waals surface area contributed by atoms with Gasteiger partial charge in [-0.25, -0.2) is 0 Å². The van der Waals surface area contributed by atoms with Gasteiger partial charge in [-0.2, -0.15) is 0 Å². The zero-order chi connectivity index (χ0) is 22.8. The van der Waals surface area contributed by atoms with E-state index >= 15 is 0 Å². The van der Waals surface area contributed by atoms with Gasteiger partial charge in [-0.05, 0) is 73.1 Å². The molecule has 0 bridgehead atoms. The topological polar surface area (TPSA) is 79.6 Å². The summed E-state index contributed by atoms with van der Waals surface area (Å²) >= 11 is 4.18. The van der Waals surface area contributed by atoms with Crippen molar-refractivity contribution >= 4 is 56.5 Å². The average molecular weight is 511 g/mol. The van der Waals surface area contributed by atoms with Crippen LogP contribution in [0.25, 0.3) is 17.4 Å². The van der Waals surface area contributed by atoms with E-state index in [1.807, 2.05) is 56.3 Å². The maximum absolute atomic E-state index is 12.7. The van der Waals surface area contributed by atoms with E-state index in [-0.39, 0.29) is 11.4 Å². The van der Waals surface area contributed by atoms with Crippen molar-refractivity contribution in [3.63, 3.8) is 0 Å². The van der Waals surface area contributed by atoms with Gasteiger partial charge in [-0.15, -0.1) is 0 Å². The standard InChI is InChI=1S/C24H19BrN2O4S/c1-14-9-15(2)11-18(10-14)26-22(28)13-27-23(29)21(32-24(27)30)12-19-7-8-20(31-19)16-3-5-17(25)6-4-16/h3-12H,13H2,1-2H3,(H,26,28)/b21-12+. The summed E-state index contributed by atoms with van der Waals surface area (Å²) in [5, 5.41) is 2.26. The number of aryl methyl sites for hydroxylation is 2. The van der Waals surface area contributed by atoms with Gasteiger partial charge in [0, 0.05) is 21.8 Å².